The second kappa shape index (κ2) is 4.66. The van der Waals surface area contributed by atoms with Gasteiger partial charge in [-0.3, -0.25) is 14.8 Å². The van der Waals surface area contributed by atoms with Gasteiger partial charge in [-0.15, -0.1) is 0 Å². The number of phenols is 1. The van der Waals surface area contributed by atoms with Crippen molar-refractivity contribution in [2.45, 2.75) is 0 Å². The number of H-pyrrole nitrogens is 2. The van der Waals surface area contributed by atoms with Gasteiger partial charge in [-0.1, -0.05) is 0 Å². The number of aromatic nitrogens is 2. The maximum Gasteiger partial charge on any atom is 0.327 e. The molecule has 2 rings (SSSR count). The molecule has 18 heavy (non-hydrogen) atoms. The van der Waals surface area contributed by atoms with Gasteiger partial charge in [0.1, 0.15) is 5.82 Å². The normalized spacial score (nSPS) is 10.1. The summed E-state index contributed by atoms with van der Waals surface area (Å²) in [5.74, 6) is 0.517. The van der Waals surface area contributed by atoms with Gasteiger partial charge in [-0.25, -0.2) is 4.79 Å². The molecule has 0 spiro atoms. The molecule has 1 aromatic heterocycles. The van der Waals surface area contributed by atoms with Crippen molar-refractivity contribution in [3.05, 3.63) is 45.1 Å². The van der Waals surface area contributed by atoms with Crippen LogP contribution in [-0.4, -0.2) is 22.2 Å². The molecule has 94 valence electrons. The monoisotopic (exact) mass is 249 g/mol. The average Bonchev–Trinajstić information content (AvgIpc) is 2.27. The molecule has 0 bridgehead atoms. The van der Waals surface area contributed by atoms with Crippen LogP contribution in [0.1, 0.15) is 0 Å². The molecular formula is C11H11N3O4. The molecule has 4 N–H and O–H groups in total. The van der Waals surface area contributed by atoms with Crippen molar-refractivity contribution in [3.8, 4) is 11.5 Å². The number of aromatic amines is 2. The molecule has 0 aliphatic carbocycles. The van der Waals surface area contributed by atoms with Crippen molar-refractivity contribution < 1.29 is 9.84 Å². The number of anilines is 2. The van der Waals surface area contributed by atoms with E-state index in [0.717, 1.165) is 0 Å². The standard InChI is InChI=1S/C11H11N3O4/c1-18-8-3-2-6(4-7(8)15)12-9-5-10(16)14-11(17)13-9/h2-5,15H,1H3,(H3,12,13,14,16,17). The van der Waals surface area contributed by atoms with Gasteiger partial charge in [0.05, 0.1) is 7.11 Å². The molecule has 2 aromatic rings. The molecule has 7 nitrogen and oxygen atoms in total. The Hall–Kier alpha value is -2.70. The maximum absolute atomic E-state index is 11.1. The van der Waals surface area contributed by atoms with Crippen LogP contribution in [0.15, 0.2) is 33.9 Å². The molecule has 0 unspecified atom stereocenters. The highest BCUT2D eigenvalue weighted by Gasteiger charge is 2.03. The number of nitrogens with one attached hydrogen (secondary N) is 3. The molecule has 0 saturated carbocycles. The smallest absolute Gasteiger partial charge is 0.327 e. The summed E-state index contributed by atoms with van der Waals surface area (Å²) in [7, 11) is 1.44. The number of hydrogen-bond acceptors (Lipinski definition) is 5. The second-order valence-corrected chi connectivity index (χ2v) is 3.51. The van der Waals surface area contributed by atoms with Gasteiger partial charge in [0, 0.05) is 17.8 Å². The van der Waals surface area contributed by atoms with Crippen LogP contribution in [0.3, 0.4) is 0 Å². The van der Waals surface area contributed by atoms with Gasteiger partial charge < -0.3 is 15.2 Å². The Morgan fingerprint density at radius 2 is 2.00 bits per heavy atom. The minimum absolute atomic E-state index is 0.0466. The molecule has 0 aliphatic rings. The lowest BCUT2D eigenvalue weighted by atomic mass is 10.2. The largest absolute Gasteiger partial charge is 0.504 e. The highest BCUT2D eigenvalue weighted by molar-refractivity contribution is 5.60. The lowest BCUT2D eigenvalue weighted by Crippen LogP contribution is -2.22. The average molecular weight is 249 g/mol. The van der Waals surface area contributed by atoms with E-state index in [9.17, 15) is 14.7 Å². The minimum Gasteiger partial charge on any atom is -0.504 e. The lowest BCUT2D eigenvalue weighted by Gasteiger charge is -2.08. The van der Waals surface area contributed by atoms with Crippen molar-refractivity contribution >= 4 is 11.5 Å². The van der Waals surface area contributed by atoms with Gasteiger partial charge in [0.25, 0.3) is 5.56 Å². The lowest BCUT2D eigenvalue weighted by molar-refractivity contribution is 0.373. The highest BCUT2D eigenvalue weighted by Crippen LogP contribution is 2.29. The van der Waals surface area contributed by atoms with Gasteiger partial charge in [-0.2, -0.15) is 0 Å². The summed E-state index contributed by atoms with van der Waals surface area (Å²) in [6.45, 7) is 0. The SMILES string of the molecule is COc1ccc(Nc2cc(=O)[nH]c(=O)[nH]2)cc1O. The topological polar surface area (TPSA) is 107 Å². The first kappa shape index (κ1) is 11.8. The van der Waals surface area contributed by atoms with E-state index in [4.69, 9.17) is 4.74 Å². The summed E-state index contributed by atoms with van der Waals surface area (Å²) in [5, 5.41) is 12.4. The van der Waals surface area contributed by atoms with E-state index in [1.807, 2.05) is 4.98 Å². The van der Waals surface area contributed by atoms with Crippen LogP contribution in [-0.2, 0) is 0 Å². The maximum atomic E-state index is 11.1. The van der Waals surface area contributed by atoms with Gasteiger partial charge in [0.15, 0.2) is 11.5 Å². The number of hydrogen-bond donors (Lipinski definition) is 4. The third-order valence-corrected chi connectivity index (χ3v) is 2.22. The first-order valence-corrected chi connectivity index (χ1v) is 5.06. The zero-order valence-corrected chi connectivity index (χ0v) is 9.48. The van der Waals surface area contributed by atoms with Crippen molar-refractivity contribution in [3.63, 3.8) is 0 Å². The van der Waals surface area contributed by atoms with E-state index in [1.54, 1.807) is 12.1 Å². The summed E-state index contributed by atoms with van der Waals surface area (Å²) in [4.78, 5) is 26.6. The Morgan fingerprint density at radius 1 is 1.22 bits per heavy atom. The molecule has 0 aliphatic heterocycles. The number of methoxy groups -OCH3 is 1. The zero-order chi connectivity index (χ0) is 13.1. The Labute approximate surface area is 101 Å². The number of aromatic hydroxyl groups is 1. The van der Waals surface area contributed by atoms with Crippen LogP contribution >= 0.6 is 0 Å². The van der Waals surface area contributed by atoms with Crippen LogP contribution in [0.4, 0.5) is 11.5 Å². The van der Waals surface area contributed by atoms with Crippen LogP contribution in [0.5, 0.6) is 11.5 Å². The van der Waals surface area contributed by atoms with Crippen LogP contribution < -0.4 is 21.3 Å². The summed E-state index contributed by atoms with van der Waals surface area (Å²) in [6, 6.07) is 5.81. The van der Waals surface area contributed by atoms with Crippen LogP contribution in [0.25, 0.3) is 0 Å². The van der Waals surface area contributed by atoms with Crippen LogP contribution in [0, 0.1) is 0 Å². The summed E-state index contributed by atoms with van der Waals surface area (Å²) in [5.41, 5.74) is -0.615. The second-order valence-electron chi connectivity index (χ2n) is 3.51. The van der Waals surface area contributed by atoms with Gasteiger partial charge in [0.2, 0.25) is 0 Å². The van der Waals surface area contributed by atoms with Crippen LogP contribution in [0.2, 0.25) is 0 Å². The zero-order valence-electron chi connectivity index (χ0n) is 9.48. The van der Waals surface area contributed by atoms with E-state index in [0.29, 0.717) is 11.4 Å². The van der Waals surface area contributed by atoms with Crippen molar-refractivity contribution in [1.82, 2.24) is 9.97 Å². The molecule has 0 saturated heterocycles. The first-order chi connectivity index (χ1) is 8.58. The highest BCUT2D eigenvalue weighted by atomic mass is 16.5. The molecular weight excluding hydrogens is 238 g/mol. The fourth-order valence-electron chi connectivity index (χ4n) is 1.46. The molecule has 1 aromatic carbocycles. The summed E-state index contributed by atoms with van der Waals surface area (Å²) >= 11 is 0. The van der Waals surface area contributed by atoms with Gasteiger partial charge >= 0.3 is 5.69 Å². The Morgan fingerprint density at radius 3 is 2.61 bits per heavy atom. The molecule has 0 atom stereocenters. The molecule has 0 fully saturated rings. The van der Waals surface area contributed by atoms with Crippen molar-refractivity contribution in [1.29, 1.82) is 0 Å². The number of benzene rings is 1. The molecule has 0 amide bonds. The predicted molar refractivity (Wildman–Crippen MR) is 65.6 cm³/mol. The Balaban J connectivity index is 2.31. The first-order valence-electron chi connectivity index (χ1n) is 5.06. The third-order valence-electron chi connectivity index (χ3n) is 2.22. The van der Waals surface area contributed by atoms with E-state index in [-0.39, 0.29) is 11.6 Å². The number of phenolic OH excluding ortho intramolecular Hbond substituents is 1. The van der Waals surface area contributed by atoms with Crippen molar-refractivity contribution in [2.75, 3.05) is 12.4 Å². The fourth-order valence-corrected chi connectivity index (χ4v) is 1.46. The number of rotatable bonds is 3. The quantitative estimate of drug-likeness (QED) is 0.634. The molecule has 0 radical (unpaired) electrons. The number of ether oxygens (including phenoxy) is 1. The van der Waals surface area contributed by atoms with E-state index < -0.39 is 11.2 Å². The van der Waals surface area contributed by atoms with Gasteiger partial charge in [-0.05, 0) is 12.1 Å². The Kier molecular flexibility index (Phi) is 3.05. The third kappa shape index (κ3) is 2.51. The van der Waals surface area contributed by atoms with E-state index >= 15 is 0 Å². The Bertz CT molecular complexity index is 646. The summed E-state index contributed by atoms with van der Waals surface area (Å²) < 4.78 is 4.90. The molecule has 7 heteroatoms. The van der Waals surface area contributed by atoms with Crippen molar-refractivity contribution in [2.24, 2.45) is 0 Å². The summed E-state index contributed by atoms with van der Waals surface area (Å²) in [6.07, 6.45) is 0. The predicted octanol–water partition coefficient (Wildman–Crippen LogP) is 0.521. The van der Waals surface area contributed by atoms with E-state index in [1.165, 1.54) is 19.2 Å². The van der Waals surface area contributed by atoms with E-state index in [2.05, 4.69) is 10.3 Å². The fraction of sp³-hybridized carbons (Fsp3) is 0.0909. The molecule has 1 heterocycles. The minimum atomic E-state index is -0.609.